The highest BCUT2D eigenvalue weighted by molar-refractivity contribution is 7.98. The predicted octanol–water partition coefficient (Wildman–Crippen LogP) is 4.01. The molecule has 132 valence electrons. The fourth-order valence-corrected chi connectivity index (χ4v) is 3.83. The van der Waals surface area contributed by atoms with Crippen LogP contribution in [0.15, 0.2) is 47.4 Å². The minimum Gasteiger partial charge on any atom is -0.307 e. The Morgan fingerprint density at radius 2 is 1.92 bits per heavy atom. The van der Waals surface area contributed by atoms with Crippen molar-refractivity contribution in [3.8, 4) is 22.6 Å². The monoisotopic (exact) mass is 364 g/mol. The van der Waals surface area contributed by atoms with Gasteiger partial charge in [0.25, 0.3) is 0 Å². The molecule has 0 aliphatic carbocycles. The average Bonchev–Trinajstić information content (AvgIpc) is 3.20. The smallest absolute Gasteiger partial charge is 0.226 e. The molecule has 1 aliphatic heterocycles. The summed E-state index contributed by atoms with van der Waals surface area (Å²) in [5.74, 6) is 0.724. The van der Waals surface area contributed by atoms with Crippen molar-refractivity contribution in [1.82, 2.24) is 14.5 Å². The van der Waals surface area contributed by atoms with Crippen LogP contribution in [0.4, 0.5) is 5.95 Å². The molecule has 0 N–H and O–H groups in total. The Bertz CT molecular complexity index is 995. The number of amides is 1. The first-order chi connectivity index (χ1) is 12.6. The molecular weight excluding hydrogens is 344 g/mol. The highest BCUT2D eigenvalue weighted by Crippen LogP contribution is 2.38. The van der Waals surface area contributed by atoms with Crippen molar-refractivity contribution in [2.24, 2.45) is 0 Å². The maximum atomic E-state index is 12.0. The topological polar surface area (TPSA) is 51.0 Å². The van der Waals surface area contributed by atoms with E-state index in [-0.39, 0.29) is 5.91 Å². The van der Waals surface area contributed by atoms with E-state index in [1.165, 1.54) is 4.90 Å². The molecular formula is C20H20N4OS. The highest BCUT2D eigenvalue weighted by Gasteiger charge is 2.30. The standard InChI is InChI=1S/C20H20N4OS/c1-13-6-4-9-17(21-13)18-19(15-7-5-8-16(12-15)26-3)24-11-10-23(14(2)25)20(24)22-18/h4-9,12H,10-11H2,1-3H3. The van der Waals surface area contributed by atoms with Crippen molar-refractivity contribution in [3.63, 3.8) is 0 Å². The van der Waals surface area contributed by atoms with Gasteiger partial charge in [0.05, 0.1) is 11.4 Å². The molecule has 0 unspecified atom stereocenters. The van der Waals surface area contributed by atoms with Crippen LogP contribution in [-0.2, 0) is 11.3 Å². The largest absolute Gasteiger partial charge is 0.307 e. The SMILES string of the molecule is CSc1cccc(-c2c(-c3cccc(C)n3)nc3n2CCN3C(C)=O)c1. The zero-order valence-electron chi connectivity index (χ0n) is 15.1. The highest BCUT2D eigenvalue weighted by atomic mass is 32.2. The molecule has 0 atom stereocenters. The number of hydrogen-bond acceptors (Lipinski definition) is 4. The number of thioether (sulfide) groups is 1. The fraction of sp³-hybridized carbons (Fsp3) is 0.250. The number of rotatable bonds is 3. The van der Waals surface area contributed by atoms with Crippen molar-refractivity contribution < 1.29 is 4.79 Å². The number of imidazole rings is 1. The van der Waals surface area contributed by atoms with Crippen LogP contribution in [0.2, 0.25) is 0 Å². The van der Waals surface area contributed by atoms with E-state index in [2.05, 4.69) is 40.1 Å². The zero-order chi connectivity index (χ0) is 18.3. The van der Waals surface area contributed by atoms with Crippen LogP contribution < -0.4 is 4.90 Å². The van der Waals surface area contributed by atoms with E-state index in [9.17, 15) is 4.79 Å². The van der Waals surface area contributed by atoms with Crippen molar-refractivity contribution in [1.29, 1.82) is 0 Å². The molecule has 0 saturated carbocycles. The molecule has 0 radical (unpaired) electrons. The third kappa shape index (κ3) is 2.80. The molecule has 3 heterocycles. The number of fused-ring (bicyclic) bond motifs is 1. The van der Waals surface area contributed by atoms with Crippen LogP contribution >= 0.6 is 11.8 Å². The van der Waals surface area contributed by atoms with Crippen LogP contribution in [0.3, 0.4) is 0 Å². The maximum Gasteiger partial charge on any atom is 0.226 e. The van der Waals surface area contributed by atoms with Crippen molar-refractivity contribution in [2.75, 3.05) is 17.7 Å². The van der Waals surface area contributed by atoms with Gasteiger partial charge in [-0.05, 0) is 37.4 Å². The summed E-state index contributed by atoms with van der Waals surface area (Å²) < 4.78 is 2.14. The zero-order valence-corrected chi connectivity index (χ0v) is 15.9. The average molecular weight is 364 g/mol. The number of carbonyl (C=O) groups excluding carboxylic acids is 1. The van der Waals surface area contributed by atoms with Crippen LogP contribution in [-0.4, -0.2) is 33.2 Å². The maximum absolute atomic E-state index is 12.0. The first kappa shape index (κ1) is 16.8. The second-order valence-electron chi connectivity index (χ2n) is 6.33. The van der Waals surface area contributed by atoms with Gasteiger partial charge >= 0.3 is 0 Å². The fourth-order valence-electron chi connectivity index (χ4n) is 3.37. The van der Waals surface area contributed by atoms with Crippen molar-refractivity contribution in [2.45, 2.75) is 25.3 Å². The van der Waals surface area contributed by atoms with Crippen molar-refractivity contribution >= 4 is 23.6 Å². The lowest BCUT2D eigenvalue weighted by Gasteiger charge is -2.09. The molecule has 1 amide bonds. The summed E-state index contributed by atoms with van der Waals surface area (Å²) in [6, 6.07) is 14.4. The number of pyridine rings is 1. The van der Waals surface area contributed by atoms with Gasteiger partial charge in [-0.25, -0.2) is 4.98 Å². The van der Waals surface area contributed by atoms with Gasteiger partial charge in [0, 0.05) is 36.2 Å². The molecule has 3 aromatic rings. The molecule has 0 saturated heterocycles. The second-order valence-corrected chi connectivity index (χ2v) is 7.21. The van der Waals surface area contributed by atoms with Gasteiger partial charge in [0.2, 0.25) is 11.9 Å². The summed E-state index contributed by atoms with van der Waals surface area (Å²) in [5.41, 5.74) is 4.73. The van der Waals surface area contributed by atoms with Crippen LogP contribution in [0.5, 0.6) is 0 Å². The van der Waals surface area contributed by atoms with Gasteiger partial charge in [0.15, 0.2) is 0 Å². The summed E-state index contributed by atoms with van der Waals surface area (Å²) in [6.07, 6.45) is 2.07. The first-order valence-electron chi connectivity index (χ1n) is 8.55. The summed E-state index contributed by atoms with van der Waals surface area (Å²) in [7, 11) is 0. The van der Waals surface area contributed by atoms with E-state index in [0.29, 0.717) is 12.5 Å². The molecule has 1 aliphatic rings. The molecule has 26 heavy (non-hydrogen) atoms. The molecule has 0 spiro atoms. The van der Waals surface area contributed by atoms with E-state index in [1.54, 1.807) is 23.6 Å². The minimum absolute atomic E-state index is 0.0157. The van der Waals surface area contributed by atoms with Crippen LogP contribution in [0.25, 0.3) is 22.6 Å². The quantitative estimate of drug-likeness (QED) is 0.659. The van der Waals surface area contributed by atoms with Gasteiger partial charge in [-0.2, -0.15) is 0 Å². The molecule has 6 heteroatoms. The van der Waals surface area contributed by atoms with Gasteiger partial charge in [-0.1, -0.05) is 18.2 Å². The van der Waals surface area contributed by atoms with Crippen molar-refractivity contribution in [3.05, 3.63) is 48.2 Å². The lowest BCUT2D eigenvalue weighted by atomic mass is 10.1. The van der Waals surface area contributed by atoms with Gasteiger partial charge in [-0.15, -0.1) is 11.8 Å². The lowest BCUT2D eigenvalue weighted by molar-refractivity contribution is -0.116. The molecule has 0 fully saturated rings. The Morgan fingerprint density at radius 1 is 1.12 bits per heavy atom. The number of aromatic nitrogens is 3. The number of nitrogens with zero attached hydrogens (tertiary/aromatic N) is 4. The Balaban J connectivity index is 1.96. The van der Waals surface area contributed by atoms with Gasteiger partial charge < -0.3 is 4.57 Å². The number of carbonyl (C=O) groups is 1. The molecule has 0 bridgehead atoms. The third-order valence-corrected chi connectivity index (χ3v) is 5.32. The Hall–Kier alpha value is -2.60. The normalized spacial score (nSPS) is 13.1. The first-order valence-corrected chi connectivity index (χ1v) is 9.78. The van der Waals surface area contributed by atoms with E-state index >= 15 is 0 Å². The van der Waals surface area contributed by atoms with E-state index in [0.717, 1.165) is 34.9 Å². The third-order valence-electron chi connectivity index (χ3n) is 4.59. The van der Waals surface area contributed by atoms with E-state index < -0.39 is 0 Å². The van der Waals surface area contributed by atoms with Gasteiger partial charge in [-0.3, -0.25) is 14.7 Å². The summed E-state index contributed by atoms with van der Waals surface area (Å²) in [5, 5.41) is 0. The second kappa shape index (κ2) is 6.61. The van der Waals surface area contributed by atoms with Gasteiger partial charge in [0.1, 0.15) is 5.69 Å². The summed E-state index contributed by atoms with van der Waals surface area (Å²) in [4.78, 5) is 24.5. The molecule has 5 nitrogen and oxygen atoms in total. The number of anilines is 1. The summed E-state index contributed by atoms with van der Waals surface area (Å²) in [6.45, 7) is 4.97. The van der Waals surface area contributed by atoms with Crippen LogP contribution in [0, 0.1) is 6.92 Å². The number of hydrogen-bond donors (Lipinski definition) is 0. The van der Waals surface area contributed by atoms with E-state index in [1.807, 2.05) is 25.1 Å². The Labute approximate surface area is 157 Å². The minimum atomic E-state index is 0.0157. The number of aryl methyl sites for hydroxylation is 1. The predicted molar refractivity (Wildman–Crippen MR) is 105 cm³/mol. The van der Waals surface area contributed by atoms with E-state index in [4.69, 9.17) is 4.98 Å². The molecule has 4 rings (SSSR count). The lowest BCUT2D eigenvalue weighted by Crippen LogP contribution is -2.26. The summed E-state index contributed by atoms with van der Waals surface area (Å²) >= 11 is 1.71. The van der Waals surface area contributed by atoms with Crippen LogP contribution in [0.1, 0.15) is 12.6 Å². The Kier molecular flexibility index (Phi) is 4.28. The Morgan fingerprint density at radius 3 is 2.65 bits per heavy atom. The molecule has 1 aromatic carbocycles. The molecule has 2 aromatic heterocycles. The number of benzene rings is 1.